The molecule has 1 heterocycles. The highest BCUT2D eigenvalue weighted by Crippen LogP contribution is 2.13. The van der Waals surface area contributed by atoms with E-state index >= 15 is 0 Å². The van der Waals surface area contributed by atoms with Crippen LogP contribution < -0.4 is 11.1 Å². The van der Waals surface area contributed by atoms with Gasteiger partial charge in [-0.05, 0) is 12.3 Å². The number of nitrogens with two attached hydrogens (primary N) is 1. The molecule has 102 valence electrons. The lowest BCUT2D eigenvalue weighted by molar-refractivity contribution is -0.121. The van der Waals surface area contributed by atoms with Crippen molar-refractivity contribution in [1.82, 2.24) is 14.9 Å². The van der Waals surface area contributed by atoms with Gasteiger partial charge in [0.25, 0.3) is 0 Å². The number of amides is 1. The van der Waals surface area contributed by atoms with Gasteiger partial charge in [0, 0.05) is 31.7 Å². The van der Waals surface area contributed by atoms with Crippen molar-refractivity contribution in [3.05, 3.63) is 18.2 Å². The van der Waals surface area contributed by atoms with Gasteiger partial charge in [-0.25, -0.2) is 4.98 Å². The van der Waals surface area contributed by atoms with Crippen LogP contribution >= 0.6 is 0 Å². The number of carbonyl (C=O) groups is 1. The summed E-state index contributed by atoms with van der Waals surface area (Å²) in [6.45, 7) is 7.55. The first-order valence-corrected chi connectivity index (χ1v) is 6.56. The van der Waals surface area contributed by atoms with Crippen molar-refractivity contribution < 1.29 is 4.79 Å². The summed E-state index contributed by atoms with van der Waals surface area (Å²) >= 11 is 0. The molecule has 0 unspecified atom stereocenters. The Labute approximate surface area is 109 Å². The van der Waals surface area contributed by atoms with Gasteiger partial charge in [-0.15, -0.1) is 0 Å². The molecule has 0 bridgehead atoms. The Morgan fingerprint density at radius 1 is 1.56 bits per heavy atom. The third-order valence-electron chi connectivity index (χ3n) is 2.85. The highest BCUT2D eigenvalue weighted by Gasteiger charge is 2.10. The molecule has 1 rings (SSSR count). The van der Waals surface area contributed by atoms with Crippen LogP contribution in [0.5, 0.6) is 0 Å². The Hall–Kier alpha value is -1.36. The van der Waals surface area contributed by atoms with Gasteiger partial charge in [0.2, 0.25) is 5.91 Å². The Bertz CT molecular complexity index is 373. The SMILES string of the molecule is CC[C@@H](N)c1cncn1CCC(=O)NCC(C)C. The summed E-state index contributed by atoms with van der Waals surface area (Å²) in [4.78, 5) is 15.7. The van der Waals surface area contributed by atoms with E-state index in [-0.39, 0.29) is 11.9 Å². The van der Waals surface area contributed by atoms with Crippen molar-refractivity contribution in [1.29, 1.82) is 0 Å². The maximum absolute atomic E-state index is 11.6. The number of hydrogen-bond donors (Lipinski definition) is 2. The highest BCUT2D eigenvalue weighted by molar-refractivity contribution is 5.75. The Morgan fingerprint density at radius 2 is 2.28 bits per heavy atom. The lowest BCUT2D eigenvalue weighted by Gasteiger charge is -2.13. The average Bonchev–Trinajstić information content (AvgIpc) is 2.81. The Morgan fingerprint density at radius 3 is 2.89 bits per heavy atom. The van der Waals surface area contributed by atoms with E-state index in [0.29, 0.717) is 18.9 Å². The maximum Gasteiger partial charge on any atom is 0.221 e. The fourth-order valence-electron chi connectivity index (χ4n) is 1.66. The first-order chi connectivity index (χ1) is 8.54. The van der Waals surface area contributed by atoms with Crippen LogP contribution in [0, 0.1) is 5.92 Å². The molecule has 1 aromatic rings. The van der Waals surface area contributed by atoms with Crippen molar-refractivity contribution in [2.45, 2.75) is 46.2 Å². The van der Waals surface area contributed by atoms with E-state index in [2.05, 4.69) is 24.1 Å². The fourth-order valence-corrected chi connectivity index (χ4v) is 1.66. The quantitative estimate of drug-likeness (QED) is 0.771. The molecule has 0 aliphatic heterocycles. The molecule has 0 spiro atoms. The molecule has 5 heteroatoms. The maximum atomic E-state index is 11.6. The minimum absolute atomic E-state index is 0.00812. The molecule has 1 amide bonds. The zero-order chi connectivity index (χ0) is 13.5. The fraction of sp³-hybridized carbons (Fsp3) is 0.692. The predicted molar refractivity (Wildman–Crippen MR) is 71.9 cm³/mol. The third kappa shape index (κ3) is 4.49. The van der Waals surface area contributed by atoms with Crippen molar-refractivity contribution in [2.24, 2.45) is 11.7 Å². The van der Waals surface area contributed by atoms with Gasteiger partial charge in [-0.2, -0.15) is 0 Å². The second kappa shape index (κ2) is 7.16. The molecule has 5 nitrogen and oxygen atoms in total. The minimum atomic E-state index is -0.00812. The molecule has 0 aliphatic carbocycles. The molecule has 1 atom stereocenters. The zero-order valence-corrected chi connectivity index (χ0v) is 11.5. The molecule has 0 saturated heterocycles. The Kier molecular flexibility index (Phi) is 5.85. The van der Waals surface area contributed by atoms with Gasteiger partial charge < -0.3 is 15.6 Å². The molecule has 0 fully saturated rings. The van der Waals surface area contributed by atoms with E-state index in [1.165, 1.54) is 0 Å². The van der Waals surface area contributed by atoms with E-state index in [1.54, 1.807) is 12.5 Å². The van der Waals surface area contributed by atoms with Gasteiger partial charge in [-0.1, -0.05) is 20.8 Å². The summed E-state index contributed by atoms with van der Waals surface area (Å²) in [6, 6.07) is -0.00812. The summed E-state index contributed by atoms with van der Waals surface area (Å²) in [6.07, 6.45) is 4.85. The van der Waals surface area contributed by atoms with E-state index in [9.17, 15) is 4.79 Å². The molecule has 1 aromatic heterocycles. The smallest absolute Gasteiger partial charge is 0.221 e. The number of aromatic nitrogens is 2. The number of nitrogens with zero attached hydrogens (tertiary/aromatic N) is 2. The van der Waals surface area contributed by atoms with Crippen molar-refractivity contribution in [3.63, 3.8) is 0 Å². The van der Waals surface area contributed by atoms with Crippen molar-refractivity contribution >= 4 is 5.91 Å². The standard InChI is InChI=1S/C13H24N4O/c1-4-11(14)12-8-15-9-17(12)6-5-13(18)16-7-10(2)3/h8-11H,4-7,14H2,1-3H3,(H,16,18)/t11-/m1/s1. The summed E-state index contributed by atoms with van der Waals surface area (Å²) in [7, 11) is 0. The van der Waals surface area contributed by atoms with Crippen LogP contribution in [0.15, 0.2) is 12.5 Å². The van der Waals surface area contributed by atoms with Crippen LogP contribution in [0.2, 0.25) is 0 Å². The topological polar surface area (TPSA) is 72.9 Å². The van der Waals surface area contributed by atoms with Crippen LogP contribution in [0.25, 0.3) is 0 Å². The summed E-state index contributed by atoms with van der Waals surface area (Å²) in [5.74, 6) is 0.555. The molecule has 0 saturated carbocycles. The third-order valence-corrected chi connectivity index (χ3v) is 2.85. The van der Waals surface area contributed by atoms with Gasteiger partial charge in [0.15, 0.2) is 0 Å². The molecular weight excluding hydrogens is 228 g/mol. The van der Waals surface area contributed by atoms with E-state index in [0.717, 1.165) is 18.7 Å². The van der Waals surface area contributed by atoms with Gasteiger partial charge in [0.05, 0.1) is 12.0 Å². The van der Waals surface area contributed by atoms with E-state index in [4.69, 9.17) is 5.73 Å². The summed E-state index contributed by atoms with van der Waals surface area (Å²) < 4.78 is 1.96. The Balaban J connectivity index is 2.44. The van der Waals surface area contributed by atoms with Gasteiger partial charge in [-0.3, -0.25) is 4.79 Å². The van der Waals surface area contributed by atoms with Crippen molar-refractivity contribution in [3.8, 4) is 0 Å². The van der Waals surface area contributed by atoms with Crippen LogP contribution in [-0.4, -0.2) is 22.0 Å². The lowest BCUT2D eigenvalue weighted by atomic mass is 10.2. The molecule has 18 heavy (non-hydrogen) atoms. The normalized spacial score (nSPS) is 12.7. The number of nitrogens with one attached hydrogen (secondary N) is 1. The second-order valence-electron chi connectivity index (χ2n) is 4.97. The first-order valence-electron chi connectivity index (χ1n) is 6.56. The zero-order valence-electron chi connectivity index (χ0n) is 11.5. The largest absolute Gasteiger partial charge is 0.356 e. The summed E-state index contributed by atoms with van der Waals surface area (Å²) in [5, 5.41) is 2.90. The number of aryl methyl sites for hydroxylation is 1. The first kappa shape index (κ1) is 14.7. The lowest BCUT2D eigenvalue weighted by Crippen LogP contribution is -2.28. The van der Waals surface area contributed by atoms with Crippen molar-refractivity contribution in [2.75, 3.05) is 6.54 Å². The minimum Gasteiger partial charge on any atom is -0.356 e. The predicted octanol–water partition coefficient (Wildman–Crippen LogP) is 1.46. The number of imidazole rings is 1. The molecule has 3 N–H and O–H groups in total. The van der Waals surface area contributed by atoms with Crippen LogP contribution in [0.1, 0.15) is 45.3 Å². The van der Waals surface area contributed by atoms with Crippen LogP contribution in [0.4, 0.5) is 0 Å². The van der Waals surface area contributed by atoms with E-state index < -0.39 is 0 Å². The second-order valence-corrected chi connectivity index (χ2v) is 4.97. The number of hydrogen-bond acceptors (Lipinski definition) is 3. The van der Waals surface area contributed by atoms with Crippen LogP contribution in [-0.2, 0) is 11.3 Å². The van der Waals surface area contributed by atoms with Crippen LogP contribution in [0.3, 0.4) is 0 Å². The highest BCUT2D eigenvalue weighted by atomic mass is 16.1. The molecule has 0 aliphatic rings. The molecule has 0 aromatic carbocycles. The number of rotatable bonds is 7. The average molecular weight is 252 g/mol. The summed E-state index contributed by atoms with van der Waals surface area (Å²) in [5.41, 5.74) is 6.98. The monoisotopic (exact) mass is 252 g/mol. The van der Waals surface area contributed by atoms with Gasteiger partial charge in [0.1, 0.15) is 0 Å². The molecular formula is C13H24N4O. The van der Waals surface area contributed by atoms with E-state index in [1.807, 2.05) is 11.5 Å². The number of carbonyl (C=O) groups excluding carboxylic acids is 1. The van der Waals surface area contributed by atoms with Gasteiger partial charge >= 0.3 is 0 Å². The molecule has 0 radical (unpaired) electrons.